The Morgan fingerprint density at radius 3 is 2.19 bits per heavy atom. The third-order valence-corrected chi connectivity index (χ3v) is 5.95. The molecule has 0 atom stereocenters. The molecule has 3 heterocycles. The molecule has 3 rings (SSSR count). The summed E-state index contributed by atoms with van der Waals surface area (Å²) in [5.74, 6) is 1.19. The van der Waals surface area contributed by atoms with Crippen molar-refractivity contribution in [1.82, 2.24) is 15.1 Å². The number of amides is 2. The quantitative estimate of drug-likeness (QED) is 0.622. The molecule has 7 nitrogen and oxygen atoms in total. The standard InChI is InChI=1S/C24H35N3O4/c1-3-21-19(9-17-30-21)23(28)25-11-14-27(16-15-26-12-7-5-6-8-13-26)24(29)20-10-18-31-22(20)4-2/h9-10,17-18H,3-8,11-16H2,1-2H3,(H,25,28). The van der Waals surface area contributed by atoms with E-state index in [0.717, 1.165) is 19.6 Å². The van der Waals surface area contributed by atoms with Crippen LogP contribution in [0.25, 0.3) is 0 Å². The van der Waals surface area contributed by atoms with E-state index in [9.17, 15) is 9.59 Å². The Balaban J connectivity index is 1.61. The highest BCUT2D eigenvalue weighted by atomic mass is 16.3. The Kier molecular flexibility index (Phi) is 8.76. The fourth-order valence-electron chi connectivity index (χ4n) is 4.13. The minimum Gasteiger partial charge on any atom is -0.469 e. The third kappa shape index (κ3) is 6.23. The molecule has 0 unspecified atom stereocenters. The molecule has 1 fully saturated rings. The zero-order chi connectivity index (χ0) is 22.1. The first-order valence-electron chi connectivity index (χ1n) is 11.6. The van der Waals surface area contributed by atoms with Crippen molar-refractivity contribution in [2.45, 2.75) is 52.4 Å². The van der Waals surface area contributed by atoms with Gasteiger partial charge in [-0.05, 0) is 38.1 Å². The number of nitrogens with zero attached hydrogens (tertiary/aromatic N) is 2. The first-order valence-corrected chi connectivity index (χ1v) is 11.6. The topological polar surface area (TPSA) is 78.9 Å². The van der Waals surface area contributed by atoms with Crippen LogP contribution in [-0.2, 0) is 12.8 Å². The summed E-state index contributed by atoms with van der Waals surface area (Å²) in [6.45, 7) is 8.43. The summed E-state index contributed by atoms with van der Waals surface area (Å²) in [4.78, 5) is 30.0. The molecule has 1 aliphatic heterocycles. The predicted molar refractivity (Wildman–Crippen MR) is 119 cm³/mol. The van der Waals surface area contributed by atoms with Crippen LogP contribution in [0.2, 0.25) is 0 Å². The van der Waals surface area contributed by atoms with E-state index >= 15 is 0 Å². The normalized spacial score (nSPS) is 14.9. The summed E-state index contributed by atoms with van der Waals surface area (Å²) < 4.78 is 10.8. The molecule has 1 N–H and O–H groups in total. The van der Waals surface area contributed by atoms with Gasteiger partial charge in [0.25, 0.3) is 11.8 Å². The summed E-state index contributed by atoms with van der Waals surface area (Å²) in [5, 5.41) is 2.94. The summed E-state index contributed by atoms with van der Waals surface area (Å²) >= 11 is 0. The molecule has 2 amide bonds. The molecular formula is C24H35N3O4. The fraction of sp³-hybridized carbons (Fsp3) is 0.583. The highest BCUT2D eigenvalue weighted by Crippen LogP contribution is 2.15. The summed E-state index contributed by atoms with van der Waals surface area (Å²) in [6.07, 6.45) is 9.46. The highest BCUT2D eigenvalue weighted by molar-refractivity contribution is 5.96. The lowest BCUT2D eigenvalue weighted by molar-refractivity contribution is 0.0727. The van der Waals surface area contributed by atoms with E-state index in [0.29, 0.717) is 55.1 Å². The second-order valence-electron chi connectivity index (χ2n) is 8.03. The van der Waals surface area contributed by atoms with Gasteiger partial charge in [-0.25, -0.2) is 0 Å². The van der Waals surface area contributed by atoms with Gasteiger partial charge in [0.05, 0.1) is 23.7 Å². The van der Waals surface area contributed by atoms with E-state index in [-0.39, 0.29) is 11.8 Å². The number of nitrogens with one attached hydrogen (secondary N) is 1. The van der Waals surface area contributed by atoms with Crippen LogP contribution in [0.15, 0.2) is 33.5 Å². The van der Waals surface area contributed by atoms with Crippen molar-refractivity contribution in [3.8, 4) is 0 Å². The van der Waals surface area contributed by atoms with Crippen molar-refractivity contribution in [3.63, 3.8) is 0 Å². The molecule has 2 aromatic rings. The Hall–Kier alpha value is -2.54. The minimum atomic E-state index is -0.164. The van der Waals surface area contributed by atoms with Crippen LogP contribution < -0.4 is 5.32 Å². The SMILES string of the molecule is CCc1occc1C(=O)NCCN(CCN1CCCCCC1)C(=O)c1ccoc1CC. The molecule has 1 saturated heterocycles. The van der Waals surface area contributed by atoms with Crippen molar-refractivity contribution in [2.24, 2.45) is 0 Å². The molecule has 0 saturated carbocycles. The summed E-state index contributed by atoms with van der Waals surface area (Å²) in [7, 11) is 0. The van der Waals surface area contributed by atoms with E-state index in [1.807, 2.05) is 18.7 Å². The van der Waals surface area contributed by atoms with Crippen molar-refractivity contribution in [1.29, 1.82) is 0 Å². The summed E-state index contributed by atoms with van der Waals surface area (Å²) in [5.41, 5.74) is 1.18. The zero-order valence-electron chi connectivity index (χ0n) is 18.8. The van der Waals surface area contributed by atoms with Gasteiger partial charge >= 0.3 is 0 Å². The van der Waals surface area contributed by atoms with Crippen LogP contribution in [0.5, 0.6) is 0 Å². The maximum Gasteiger partial charge on any atom is 0.257 e. The number of furan rings is 2. The molecule has 0 aliphatic carbocycles. The van der Waals surface area contributed by atoms with E-state index in [4.69, 9.17) is 8.83 Å². The number of likely N-dealkylation sites (tertiary alicyclic amines) is 1. The number of rotatable bonds is 10. The van der Waals surface area contributed by atoms with Gasteiger partial charge in [-0.2, -0.15) is 0 Å². The lowest BCUT2D eigenvalue weighted by Gasteiger charge is -2.27. The van der Waals surface area contributed by atoms with E-state index < -0.39 is 0 Å². The lowest BCUT2D eigenvalue weighted by Crippen LogP contribution is -2.43. The van der Waals surface area contributed by atoms with Crippen LogP contribution >= 0.6 is 0 Å². The smallest absolute Gasteiger partial charge is 0.257 e. The Bertz CT molecular complexity index is 834. The van der Waals surface area contributed by atoms with Crippen LogP contribution in [0.4, 0.5) is 0 Å². The number of hydrogen-bond donors (Lipinski definition) is 1. The highest BCUT2D eigenvalue weighted by Gasteiger charge is 2.22. The lowest BCUT2D eigenvalue weighted by atomic mass is 10.2. The first kappa shape index (κ1) is 23.1. The van der Waals surface area contributed by atoms with Gasteiger partial charge in [0.15, 0.2) is 0 Å². The van der Waals surface area contributed by atoms with Gasteiger partial charge < -0.3 is 24.0 Å². The van der Waals surface area contributed by atoms with Gasteiger partial charge in [-0.3, -0.25) is 9.59 Å². The fourth-order valence-corrected chi connectivity index (χ4v) is 4.13. The average Bonchev–Trinajstić information content (AvgIpc) is 3.39. The maximum absolute atomic E-state index is 13.3. The van der Waals surface area contributed by atoms with E-state index in [1.165, 1.54) is 31.9 Å². The molecule has 170 valence electrons. The number of carbonyl (C=O) groups is 2. The molecule has 0 aromatic carbocycles. The van der Waals surface area contributed by atoms with Crippen LogP contribution in [0.3, 0.4) is 0 Å². The average molecular weight is 430 g/mol. The molecule has 0 bridgehead atoms. The Labute approximate surface area is 184 Å². The third-order valence-electron chi connectivity index (χ3n) is 5.95. The molecule has 2 aromatic heterocycles. The number of hydrogen-bond acceptors (Lipinski definition) is 5. The number of aryl methyl sites for hydroxylation is 2. The minimum absolute atomic E-state index is 0.0350. The monoisotopic (exact) mass is 429 g/mol. The second-order valence-corrected chi connectivity index (χ2v) is 8.03. The Morgan fingerprint density at radius 2 is 1.55 bits per heavy atom. The molecule has 1 aliphatic rings. The van der Waals surface area contributed by atoms with Gasteiger partial charge in [0.1, 0.15) is 11.5 Å². The maximum atomic E-state index is 13.3. The van der Waals surface area contributed by atoms with Crippen LogP contribution in [0, 0.1) is 0 Å². The van der Waals surface area contributed by atoms with E-state index in [1.54, 1.807) is 18.4 Å². The largest absolute Gasteiger partial charge is 0.469 e. The van der Waals surface area contributed by atoms with E-state index in [2.05, 4.69) is 10.2 Å². The molecule has 0 radical (unpaired) electrons. The molecular weight excluding hydrogens is 394 g/mol. The Morgan fingerprint density at radius 1 is 0.935 bits per heavy atom. The van der Waals surface area contributed by atoms with Crippen molar-refractivity contribution >= 4 is 11.8 Å². The van der Waals surface area contributed by atoms with Gasteiger partial charge in [-0.1, -0.05) is 26.7 Å². The zero-order valence-corrected chi connectivity index (χ0v) is 18.8. The van der Waals surface area contributed by atoms with Crippen molar-refractivity contribution in [2.75, 3.05) is 39.3 Å². The number of carbonyl (C=O) groups excluding carboxylic acids is 2. The molecule has 31 heavy (non-hydrogen) atoms. The molecule has 0 spiro atoms. The van der Waals surface area contributed by atoms with Gasteiger partial charge in [0, 0.05) is 39.0 Å². The first-order chi connectivity index (χ1) is 15.1. The van der Waals surface area contributed by atoms with Crippen molar-refractivity contribution < 1.29 is 18.4 Å². The van der Waals surface area contributed by atoms with Crippen molar-refractivity contribution in [3.05, 3.63) is 47.3 Å². The van der Waals surface area contributed by atoms with Crippen LogP contribution in [0.1, 0.15) is 71.8 Å². The summed E-state index contributed by atoms with van der Waals surface area (Å²) in [6, 6.07) is 3.44. The van der Waals surface area contributed by atoms with Gasteiger partial charge in [-0.15, -0.1) is 0 Å². The molecule has 7 heteroatoms. The second kappa shape index (κ2) is 11.7. The predicted octanol–water partition coefficient (Wildman–Crippen LogP) is 3.75. The van der Waals surface area contributed by atoms with Crippen LogP contribution in [-0.4, -0.2) is 60.9 Å². The van der Waals surface area contributed by atoms with Gasteiger partial charge in [0.2, 0.25) is 0 Å².